The van der Waals surface area contributed by atoms with Crippen LogP contribution in [0, 0.1) is 0 Å². The third-order valence-corrected chi connectivity index (χ3v) is 2.34. The van der Waals surface area contributed by atoms with Crippen molar-refractivity contribution in [3.63, 3.8) is 0 Å². The van der Waals surface area contributed by atoms with Crippen LogP contribution in [0.25, 0.3) is 5.69 Å². The Bertz CT molecular complexity index is 473. The molecule has 2 rings (SSSR count). The summed E-state index contributed by atoms with van der Waals surface area (Å²) in [7, 11) is 0. The van der Waals surface area contributed by atoms with Crippen molar-refractivity contribution in [3.8, 4) is 5.69 Å². The van der Waals surface area contributed by atoms with Gasteiger partial charge >= 0.3 is 0 Å². The van der Waals surface area contributed by atoms with E-state index in [4.69, 9.17) is 10.8 Å². The van der Waals surface area contributed by atoms with Crippen molar-refractivity contribution >= 4 is 5.82 Å². The lowest BCUT2D eigenvalue weighted by Gasteiger charge is -1.98. The predicted octanol–water partition coefficient (Wildman–Crippen LogP) is 0.206. The molecule has 2 aromatic rings. The molecule has 0 aromatic carbocycles. The van der Waals surface area contributed by atoms with Crippen molar-refractivity contribution in [2.45, 2.75) is 19.9 Å². The number of anilines is 1. The van der Waals surface area contributed by atoms with Crippen LogP contribution < -0.4 is 5.73 Å². The average Bonchev–Trinajstić information content (AvgIpc) is 2.85. The van der Waals surface area contributed by atoms with Gasteiger partial charge in [-0.3, -0.25) is 4.68 Å². The summed E-state index contributed by atoms with van der Waals surface area (Å²) in [6.07, 6.45) is 4.33. The van der Waals surface area contributed by atoms with Crippen LogP contribution in [0.15, 0.2) is 18.5 Å². The summed E-state index contributed by atoms with van der Waals surface area (Å²) in [4.78, 5) is 0. The highest BCUT2D eigenvalue weighted by molar-refractivity contribution is 5.40. The number of rotatable bonds is 4. The molecule has 2 aromatic heterocycles. The van der Waals surface area contributed by atoms with E-state index in [9.17, 15) is 0 Å². The molecule has 0 amide bonds. The summed E-state index contributed by atoms with van der Waals surface area (Å²) in [6, 6.07) is 1.85. The molecule has 0 fully saturated rings. The number of hydrogen-bond donors (Lipinski definition) is 2. The van der Waals surface area contributed by atoms with Gasteiger partial charge in [-0.1, -0.05) is 6.92 Å². The lowest BCUT2D eigenvalue weighted by atomic mass is 10.3. The average molecular weight is 221 g/mol. The maximum Gasteiger partial charge on any atom is 0.127 e. The second-order valence-corrected chi connectivity index (χ2v) is 3.51. The lowest BCUT2D eigenvalue weighted by Crippen LogP contribution is -2.03. The zero-order chi connectivity index (χ0) is 11.5. The minimum atomic E-state index is 0.0654. The molecule has 0 radical (unpaired) electrons. The topological polar surface area (TPSA) is 81.9 Å². The molecule has 0 unspecified atom stereocenters. The number of hydrogen-bond acceptors (Lipinski definition) is 4. The fraction of sp³-hybridized carbons (Fsp3) is 0.400. The van der Waals surface area contributed by atoms with Crippen molar-refractivity contribution in [1.82, 2.24) is 19.6 Å². The summed E-state index contributed by atoms with van der Waals surface area (Å²) in [6.45, 7) is 2.57. The highest BCUT2D eigenvalue weighted by Gasteiger charge is 2.07. The highest BCUT2D eigenvalue weighted by atomic mass is 16.3. The van der Waals surface area contributed by atoms with Gasteiger partial charge in [-0.2, -0.15) is 10.2 Å². The summed E-state index contributed by atoms with van der Waals surface area (Å²) >= 11 is 0. The van der Waals surface area contributed by atoms with Crippen molar-refractivity contribution in [1.29, 1.82) is 0 Å². The van der Waals surface area contributed by atoms with Crippen LogP contribution in [0.2, 0.25) is 0 Å². The Morgan fingerprint density at radius 3 is 2.94 bits per heavy atom. The quantitative estimate of drug-likeness (QED) is 0.773. The number of nitrogen functional groups attached to an aromatic ring is 1. The predicted molar refractivity (Wildman–Crippen MR) is 60.2 cm³/mol. The summed E-state index contributed by atoms with van der Waals surface area (Å²) < 4.78 is 3.31. The number of aromatic nitrogens is 4. The van der Waals surface area contributed by atoms with E-state index in [0.717, 1.165) is 17.8 Å². The van der Waals surface area contributed by atoms with Crippen LogP contribution in [0.3, 0.4) is 0 Å². The molecule has 6 nitrogen and oxygen atoms in total. The highest BCUT2D eigenvalue weighted by Crippen LogP contribution is 2.13. The Labute approximate surface area is 93.3 Å². The van der Waals surface area contributed by atoms with E-state index < -0.39 is 0 Å². The number of nitrogens with zero attached hydrogens (tertiary/aromatic N) is 4. The number of aliphatic hydroxyl groups excluding tert-OH is 1. The Balaban J connectivity index is 2.30. The van der Waals surface area contributed by atoms with Crippen LogP contribution in [0.4, 0.5) is 5.82 Å². The second kappa shape index (κ2) is 4.36. The summed E-state index contributed by atoms with van der Waals surface area (Å²) in [5.41, 5.74) is 7.61. The fourth-order valence-electron chi connectivity index (χ4n) is 1.51. The van der Waals surface area contributed by atoms with Gasteiger partial charge in [0, 0.05) is 6.07 Å². The van der Waals surface area contributed by atoms with Gasteiger partial charge in [-0.05, 0) is 6.42 Å². The first-order chi connectivity index (χ1) is 7.74. The number of aryl methyl sites for hydroxylation is 1. The summed E-state index contributed by atoms with van der Waals surface area (Å²) in [5.74, 6) is 0.598. The Kier molecular flexibility index (Phi) is 2.91. The Morgan fingerprint density at radius 1 is 1.50 bits per heavy atom. The van der Waals surface area contributed by atoms with Crippen LogP contribution in [-0.2, 0) is 13.0 Å². The van der Waals surface area contributed by atoms with E-state index in [0.29, 0.717) is 12.4 Å². The van der Waals surface area contributed by atoms with Crippen molar-refractivity contribution < 1.29 is 5.11 Å². The molecular weight excluding hydrogens is 206 g/mol. The first kappa shape index (κ1) is 10.7. The lowest BCUT2D eigenvalue weighted by molar-refractivity contribution is 0.269. The van der Waals surface area contributed by atoms with Gasteiger partial charge in [0.1, 0.15) is 11.5 Å². The van der Waals surface area contributed by atoms with Crippen molar-refractivity contribution in [3.05, 3.63) is 24.2 Å². The molecule has 3 N–H and O–H groups in total. The zero-order valence-corrected chi connectivity index (χ0v) is 9.17. The molecule has 0 aliphatic heterocycles. The van der Waals surface area contributed by atoms with Gasteiger partial charge in [0.25, 0.3) is 0 Å². The molecule has 0 saturated heterocycles. The normalized spacial score (nSPS) is 10.9. The smallest absolute Gasteiger partial charge is 0.127 e. The minimum Gasteiger partial charge on any atom is -0.394 e. The van der Waals surface area contributed by atoms with E-state index in [1.165, 1.54) is 0 Å². The largest absolute Gasteiger partial charge is 0.394 e. The fourth-order valence-corrected chi connectivity index (χ4v) is 1.51. The van der Waals surface area contributed by atoms with Gasteiger partial charge in [0.15, 0.2) is 0 Å². The van der Waals surface area contributed by atoms with Gasteiger partial charge in [-0.25, -0.2) is 4.68 Å². The van der Waals surface area contributed by atoms with Crippen LogP contribution in [0.5, 0.6) is 0 Å². The molecule has 16 heavy (non-hydrogen) atoms. The maximum atomic E-state index is 8.79. The molecule has 0 aliphatic rings. The molecule has 86 valence electrons. The van der Waals surface area contributed by atoms with E-state index in [1.807, 2.05) is 13.0 Å². The summed E-state index contributed by atoms with van der Waals surface area (Å²) in [5, 5.41) is 17.2. The van der Waals surface area contributed by atoms with Gasteiger partial charge < -0.3 is 10.8 Å². The molecule has 0 bridgehead atoms. The van der Waals surface area contributed by atoms with Crippen LogP contribution in [0.1, 0.15) is 12.6 Å². The molecule has 6 heteroatoms. The maximum absolute atomic E-state index is 8.79. The van der Waals surface area contributed by atoms with Crippen LogP contribution in [-0.4, -0.2) is 31.3 Å². The Morgan fingerprint density at radius 2 is 2.31 bits per heavy atom. The van der Waals surface area contributed by atoms with Crippen LogP contribution >= 0.6 is 0 Å². The van der Waals surface area contributed by atoms with E-state index in [1.54, 1.807) is 21.8 Å². The third-order valence-electron chi connectivity index (χ3n) is 2.34. The van der Waals surface area contributed by atoms with Crippen molar-refractivity contribution in [2.75, 3.05) is 12.3 Å². The zero-order valence-electron chi connectivity index (χ0n) is 9.17. The molecule has 0 saturated carbocycles. The number of nitrogens with two attached hydrogens (primary N) is 1. The van der Waals surface area contributed by atoms with E-state index in [2.05, 4.69) is 10.2 Å². The molecule has 0 atom stereocenters. The van der Waals surface area contributed by atoms with E-state index >= 15 is 0 Å². The first-order valence-electron chi connectivity index (χ1n) is 5.22. The monoisotopic (exact) mass is 221 g/mol. The second-order valence-electron chi connectivity index (χ2n) is 3.51. The number of aliphatic hydroxyl groups is 1. The van der Waals surface area contributed by atoms with Crippen molar-refractivity contribution in [2.24, 2.45) is 0 Å². The Hall–Kier alpha value is -1.82. The molecule has 0 spiro atoms. The third kappa shape index (κ3) is 1.92. The standard InChI is InChI=1S/C10H15N5O/c1-2-8-5-10(11)15(13-8)9-6-12-14(7-9)3-4-16/h5-7,16H,2-4,11H2,1H3. The van der Waals surface area contributed by atoms with Gasteiger partial charge in [0.2, 0.25) is 0 Å². The van der Waals surface area contributed by atoms with Gasteiger partial charge in [0.05, 0.1) is 31.2 Å². The first-order valence-corrected chi connectivity index (χ1v) is 5.22. The molecule has 0 aliphatic carbocycles. The molecular formula is C10H15N5O. The molecule has 2 heterocycles. The minimum absolute atomic E-state index is 0.0654. The SMILES string of the molecule is CCc1cc(N)n(-c2cnn(CCO)c2)n1. The van der Waals surface area contributed by atoms with E-state index in [-0.39, 0.29) is 6.61 Å². The van der Waals surface area contributed by atoms with Gasteiger partial charge in [-0.15, -0.1) is 0 Å².